The normalized spacial score (nSPS) is 15.9. The van der Waals surface area contributed by atoms with E-state index in [1.54, 1.807) is 31.2 Å². The van der Waals surface area contributed by atoms with Crippen molar-refractivity contribution in [3.05, 3.63) is 64.5 Å². The molecule has 0 spiro atoms. The largest absolute Gasteiger partial charge is 0.294 e. The van der Waals surface area contributed by atoms with Crippen LogP contribution in [0.4, 0.5) is 4.39 Å². The second-order valence-electron chi connectivity index (χ2n) is 6.08. The van der Waals surface area contributed by atoms with Gasteiger partial charge in [-0.2, -0.15) is 4.31 Å². The predicted molar refractivity (Wildman–Crippen MR) is 88.9 cm³/mol. The smallest absolute Gasteiger partial charge is 0.243 e. The first-order valence-electron chi connectivity index (χ1n) is 7.68. The van der Waals surface area contributed by atoms with Crippen LogP contribution in [0.2, 0.25) is 0 Å². The monoisotopic (exact) mass is 347 g/mol. The third-order valence-corrected chi connectivity index (χ3v) is 6.14. The Hall–Kier alpha value is -2.05. The third kappa shape index (κ3) is 2.99. The molecule has 0 N–H and O–H groups in total. The number of carbonyl (C=O) groups is 1. The summed E-state index contributed by atoms with van der Waals surface area (Å²) in [5, 5.41) is 0. The van der Waals surface area contributed by atoms with Gasteiger partial charge in [-0.25, -0.2) is 12.8 Å². The lowest BCUT2D eigenvalue weighted by molar-refractivity contribution is 0.0981. The van der Waals surface area contributed by atoms with Crippen molar-refractivity contribution >= 4 is 15.8 Å². The van der Waals surface area contributed by atoms with Crippen LogP contribution in [-0.4, -0.2) is 25.1 Å². The Balaban J connectivity index is 2.02. The number of benzene rings is 2. The van der Waals surface area contributed by atoms with Gasteiger partial charge >= 0.3 is 0 Å². The quantitative estimate of drug-likeness (QED) is 0.838. The molecule has 0 amide bonds. The van der Waals surface area contributed by atoms with Crippen molar-refractivity contribution < 1.29 is 17.6 Å². The zero-order chi connectivity index (χ0) is 17.5. The molecule has 0 aliphatic carbocycles. The molecule has 0 fully saturated rings. The number of ketones is 1. The van der Waals surface area contributed by atoms with Gasteiger partial charge in [-0.05, 0) is 49.2 Å². The van der Waals surface area contributed by atoms with E-state index in [1.165, 1.54) is 16.4 Å². The maximum atomic E-state index is 13.9. The summed E-state index contributed by atoms with van der Waals surface area (Å²) in [7, 11) is -3.73. The summed E-state index contributed by atoms with van der Waals surface area (Å²) in [4.78, 5) is 12.5. The zero-order valence-electron chi connectivity index (χ0n) is 13.5. The molecule has 0 saturated heterocycles. The molecular weight excluding hydrogens is 329 g/mol. The van der Waals surface area contributed by atoms with E-state index in [4.69, 9.17) is 0 Å². The van der Waals surface area contributed by atoms with E-state index < -0.39 is 15.8 Å². The molecular formula is C18H18FNO3S. The second kappa shape index (κ2) is 6.11. The van der Waals surface area contributed by atoms with Gasteiger partial charge in [0.15, 0.2) is 5.78 Å². The molecule has 4 nitrogen and oxygen atoms in total. The maximum Gasteiger partial charge on any atom is 0.243 e. The van der Waals surface area contributed by atoms with E-state index >= 15 is 0 Å². The zero-order valence-corrected chi connectivity index (χ0v) is 14.4. The van der Waals surface area contributed by atoms with E-state index in [0.717, 1.165) is 5.56 Å². The first-order chi connectivity index (χ1) is 11.3. The van der Waals surface area contributed by atoms with E-state index in [1.807, 2.05) is 6.92 Å². The highest BCUT2D eigenvalue weighted by molar-refractivity contribution is 7.89. The Morgan fingerprint density at radius 1 is 1.08 bits per heavy atom. The van der Waals surface area contributed by atoms with Gasteiger partial charge in [0.2, 0.25) is 10.0 Å². The first kappa shape index (κ1) is 16.8. The van der Waals surface area contributed by atoms with Crippen LogP contribution in [0.3, 0.4) is 0 Å². The number of nitrogens with zero attached hydrogens (tertiary/aromatic N) is 1. The lowest BCUT2D eigenvalue weighted by Gasteiger charge is -2.20. The van der Waals surface area contributed by atoms with Crippen LogP contribution in [0, 0.1) is 19.7 Å². The summed E-state index contributed by atoms with van der Waals surface area (Å²) in [5.74, 6) is -0.592. The number of hydrogen-bond acceptors (Lipinski definition) is 3. The van der Waals surface area contributed by atoms with Gasteiger partial charge < -0.3 is 0 Å². The van der Waals surface area contributed by atoms with Crippen molar-refractivity contribution in [2.24, 2.45) is 0 Å². The van der Waals surface area contributed by atoms with Gasteiger partial charge in [0.25, 0.3) is 0 Å². The number of fused-ring (bicyclic) bond motifs is 1. The number of carbonyl (C=O) groups excluding carboxylic acids is 1. The summed E-state index contributed by atoms with van der Waals surface area (Å²) in [6, 6.07) is 9.34. The Kier molecular flexibility index (Phi) is 4.27. The Morgan fingerprint density at radius 2 is 1.75 bits per heavy atom. The van der Waals surface area contributed by atoms with Crippen molar-refractivity contribution in [1.29, 1.82) is 0 Å². The number of aryl methyl sites for hydroxylation is 2. The minimum Gasteiger partial charge on any atom is -0.294 e. The van der Waals surface area contributed by atoms with Gasteiger partial charge in [0.1, 0.15) is 5.82 Å². The van der Waals surface area contributed by atoms with Crippen molar-refractivity contribution in [1.82, 2.24) is 4.31 Å². The summed E-state index contributed by atoms with van der Waals surface area (Å²) in [6.07, 6.45) is 0.0865. The van der Waals surface area contributed by atoms with E-state index in [9.17, 15) is 17.6 Å². The number of sulfonamides is 1. The molecule has 0 radical (unpaired) electrons. The molecule has 24 heavy (non-hydrogen) atoms. The fourth-order valence-electron chi connectivity index (χ4n) is 2.81. The highest BCUT2D eigenvalue weighted by Crippen LogP contribution is 2.26. The van der Waals surface area contributed by atoms with Crippen molar-refractivity contribution in [2.45, 2.75) is 31.7 Å². The lowest BCUT2D eigenvalue weighted by Crippen LogP contribution is -2.31. The van der Waals surface area contributed by atoms with Crippen LogP contribution < -0.4 is 0 Å². The molecule has 1 aliphatic rings. The van der Waals surface area contributed by atoms with Crippen LogP contribution in [0.1, 0.15) is 33.5 Å². The fourth-order valence-corrected chi connectivity index (χ4v) is 4.23. The molecule has 0 aromatic heterocycles. The van der Waals surface area contributed by atoms with Crippen LogP contribution in [0.5, 0.6) is 0 Å². The SMILES string of the molecule is Cc1ccc(S(=O)(=O)N2CCC(=O)c3cc(C)c(F)cc3C2)cc1. The summed E-state index contributed by atoms with van der Waals surface area (Å²) >= 11 is 0. The van der Waals surface area contributed by atoms with Gasteiger partial charge in [-0.1, -0.05) is 17.7 Å². The summed E-state index contributed by atoms with van der Waals surface area (Å²) in [6.45, 7) is 3.55. The average molecular weight is 347 g/mol. The van der Waals surface area contributed by atoms with Crippen LogP contribution in [-0.2, 0) is 16.6 Å². The number of halogens is 1. The molecule has 0 bridgehead atoms. The van der Waals surface area contributed by atoms with Gasteiger partial charge in [-0.3, -0.25) is 4.79 Å². The minimum atomic E-state index is -3.73. The number of rotatable bonds is 2. The molecule has 1 aliphatic heterocycles. The first-order valence-corrected chi connectivity index (χ1v) is 9.12. The van der Waals surface area contributed by atoms with Crippen LogP contribution in [0.25, 0.3) is 0 Å². The average Bonchev–Trinajstić information content (AvgIpc) is 2.69. The van der Waals surface area contributed by atoms with Crippen molar-refractivity contribution in [2.75, 3.05) is 6.54 Å². The minimum absolute atomic E-state index is 0.00547. The standard InChI is InChI=1S/C18H18FNO3S/c1-12-3-5-15(6-4-12)24(22,23)20-8-7-18(21)16-9-13(2)17(19)10-14(16)11-20/h3-6,9-10H,7-8,11H2,1-2H3. The fraction of sp³-hybridized carbons (Fsp3) is 0.278. The highest BCUT2D eigenvalue weighted by Gasteiger charge is 2.30. The topological polar surface area (TPSA) is 54.5 Å². The second-order valence-corrected chi connectivity index (χ2v) is 8.02. The summed E-state index contributed by atoms with van der Waals surface area (Å²) in [5.41, 5.74) is 2.17. The lowest BCUT2D eigenvalue weighted by atomic mass is 10.00. The molecule has 126 valence electrons. The number of hydrogen-bond donors (Lipinski definition) is 0. The van der Waals surface area contributed by atoms with Crippen LogP contribution >= 0.6 is 0 Å². The Labute approximate surface area is 141 Å². The molecule has 2 aromatic carbocycles. The molecule has 0 saturated carbocycles. The number of Topliss-reactive ketones (excluding diaryl/α,β-unsaturated/α-hetero) is 1. The van der Waals surface area contributed by atoms with Gasteiger partial charge in [-0.15, -0.1) is 0 Å². The predicted octanol–water partition coefficient (Wildman–Crippen LogP) is 3.22. The van der Waals surface area contributed by atoms with E-state index in [2.05, 4.69) is 0 Å². The van der Waals surface area contributed by atoms with E-state index in [0.29, 0.717) is 16.7 Å². The molecule has 2 aromatic rings. The molecule has 0 unspecified atom stereocenters. The van der Waals surface area contributed by atoms with Crippen molar-refractivity contribution in [3.8, 4) is 0 Å². The van der Waals surface area contributed by atoms with Gasteiger partial charge in [0, 0.05) is 25.1 Å². The molecule has 1 heterocycles. The molecule has 0 atom stereocenters. The summed E-state index contributed by atoms with van der Waals surface area (Å²) < 4.78 is 40.8. The van der Waals surface area contributed by atoms with Gasteiger partial charge in [0.05, 0.1) is 4.90 Å². The Morgan fingerprint density at radius 3 is 2.42 bits per heavy atom. The third-order valence-electron chi connectivity index (χ3n) is 4.28. The Bertz CT molecular complexity index is 905. The molecule has 3 rings (SSSR count). The highest BCUT2D eigenvalue weighted by atomic mass is 32.2. The van der Waals surface area contributed by atoms with Crippen LogP contribution in [0.15, 0.2) is 41.3 Å². The van der Waals surface area contributed by atoms with Crippen molar-refractivity contribution in [3.63, 3.8) is 0 Å². The maximum absolute atomic E-state index is 13.9. The molecule has 6 heteroatoms. The van der Waals surface area contributed by atoms with E-state index in [-0.39, 0.29) is 30.2 Å².